The van der Waals surface area contributed by atoms with Crippen molar-refractivity contribution in [2.24, 2.45) is 0 Å². The summed E-state index contributed by atoms with van der Waals surface area (Å²) < 4.78 is 12.4. The molecule has 3 heterocycles. The number of benzene rings is 1. The van der Waals surface area contributed by atoms with Crippen molar-refractivity contribution in [3.8, 4) is 11.5 Å². The molecule has 2 aromatic rings. The molecule has 8 heteroatoms. The molecule has 0 radical (unpaired) electrons. The van der Waals surface area contributed by atoms with Crippen molar-refractivity contribution in [1.82, 2.24) is 19.6 Å². The number of hydrogen-bond donors (Lipinski definition) is 0. The van der Waals surface area contributed by atoms with E-state index >= 15 is 0 Å². The maximum Gasteiger partial charge on any atom is 0.274 e. The van der Waals surface area contributed by atoms with E-state index < -0.39 is 0 Å². The standard InChI is InChI=1S/C19H22N4O4/c1-21-6-7-23-15(19(21)25)10-14(20-23)18(24)22-5-4-12-8-16(26-2)17(27-3)9-13(12)11-22/h8-10H,4-7,11H2,1-3H3. The van der Waals surface area contributed by atoms with Gasteiger partial charge in [0.2, 0.25) is 0 Å². The summed E-state index contributed by atoms with van der Waals surface area (Å²) in [7, 11) is 4.96. The van der Waals surface area contributed by atoms with Gasteiger partial charge in [-0.1, -0.05) is 0 Å². The van der Waals surface area contributed by atoms with Crippen molar-refractivity contribution in [2.45, 2.75) is 19.5 Å². The summed E-state index contributed by atoms with van der Waals surface area (Å²) in [6, 6.07) is 5.49. The van der Waals surface area contributed by atoms with E-state index in [2.05, 4.69) is 5.10 Å². The van der Waals surface area contributed by atoms with Crippen molar-refractivity contribution < 1.29 is 19.1 Å². The second kappa shape index (κ2) is 6.61. The van der Waals surface area contributed by atoms with Gasteiger partial charge in [0.25, 0.3) is 11.8 Å². The van der Waals surface area contributed by atoms with E-state index in [0.29, 0.717) is 49.1 Å². The third-order valence-corrected chi connectivity index (χ3v) is 5.22. The van der Waals surface area contributed by atoms with Crippen LogP contribution in [0.1, 0.15) is 32.1 Å². The summed E-state index contributed by atoms with van der Waals surface area (Å²) in [6.07, 6.45) is 0.733. The molecule has 27 heavy (non-hydrogen) atoms. The van der Waals surface area contributed by atoms with Crippen molar-refractivity contribution >= 4 is 11.8 Å². The van der Waals surface area contributed by atoms with Crippen LogP contribution in [-0.2, 0) is 19.5 Å². The highest BCUT2D eigenvalue weighted by Gasteiger charge is 2.29. The molecule has 0 spiro atoms. The minimum Gasteiger partial charge on any atom is -0.493 e. The first-order valence-electron chi connectivity index (χ1n) is 8.88. The summed E-state index contributed by atoms with van der Waals surface area (Å²) in [5, 5.41) is 4.36. The summed E-state index contributed by atoms with van der Waals surface area (Å²) in [5.74, 6) is 1.08. The normalized spacial score (nSPS) is 16.0. The molecule has 0 unspecified atom stereocenters. The molecule has 0 N–H and O–H groups in total. The van der Waals surface area contributed by atoms with Gasteiger partial charge < -0.3 is 19.3 Å². The minimum absolute atomic E-state index is 0.103. The molecule has 0 aliphatic carbocycles. The molecule has 1 aromatic carbocycles. The van der Waals surface area contributed by atoms with E-state index in [1.807, 2.05) is 12.1 Å². The first kappa shape index (κ1) is 17.4. The number of likely N-dealkylation sites (N-methyl/N-ethyl adjacent to an activating group) is 1. The molecule has 2 aliphatic heterocycles. The summed E-state index contributed by atoms with van der Waals surface area (Å²) in [4.78, 5) is 28.6. The largest absolute Gasteiger partial charge is 0.493 e. The zero-order chi connectivity index (χ0) is 19.1. The quantitative estimate of drug-likeness (QED) is 0.811. The molecule has 1 aromatic heterocycles. The van der Waals surface area contributed by atoms with Crippen LogP contribution in [0.3, 0.4) is 0 Å². The van der Waals surface area contributed by atoms with Gasteiger partial charge in [0.1, 0.15) is 5.69 Å². The molecular formula is C19H22N4O4. The van der Waals surface area contributed by atoms with Gasteiger partial charge in [0.05, 0.1) is 20.8 Å². The fraction of sp³-hybridized carbons (Fsp3) is 0.421. The summed E-state index contributed by atoms with van der Waals surface area (Å²) in [5.41, 5.74) is 2.97. The maximum absolute atomic E-state index is 13.0. The Morgan fingerprint density at radius 3 is 2.44 bits per heavy atom. The molecule has 142 valence electrons. The monoisotopic (exact) mass is 370 g/mol. The lowest BCUT2D eigenvalue weighted by molar-refractivity contribution is 0.0720. The highest BCUT2D eigenvalue weighted by molar-refractivity contribution is 5.98. The number of hydrogen-bond acceptors (Lipinski definition) is 5. The van der Waals surface area contributed by atoms with Gasteiger partial charge in [-0.05, 0) is 29.7 Å². The van der Waals surface area contributed by atoms with E-state index in [4.69, 9.17) is 9.47 Å². The Morgan fingerprint density at radius 2 is 1.74 bits per heavy atom. The Hall–Kier alpha value is -3.03. The van der Waals surface area contributed by atoms with Crippen LogP contribution >= 0.6 is 0 Å². The lowest BCUT2D eigenvalue weighted by Gasteiger charge is -2.29. The number of carbonyl (C=O) groups excluding carboxylic acids is 2. The Bertz CT molecular complexity index is 921. The summed E-state index contributed by atoms with van der Waals surface area (Å²) in [6.45, 7) is 2.27. The van der Waals surface area contributed by atoms with Gasteiger partial charge in [-0.25, -0.2) is 0 Å². The molecule has 0 saturated heterocycles. The third-order valence-electron chi connectivity index (χ3n) is 5.22. The number of methoxy groups -OCH3 is 2. The molecule has 0 atom stereocenters. The number of amides is 2. The molecule has 0 saturated carbocycles. The zero-order valence-electron chi connectivity index (χ0n) is 15.7. The molecule has 0 fully saturated rings. The van der Waals surface area contributed by atoms with E-state index in [1.165, 1.54) is 0 Å². The maximum atomic E-state index is 13.0. The van der Waals surface area contributed by atoms with Gasteiger partial charge in [0.15, 0.2) is 17.2 Å². The van der Waals surface area contributed by atoms with Gasteiger partial charge in [-0.2, -0.15) is 5.10 Å². The number of nitrogens with zero attached hydrogens (tertiary/aromatic N) is 4. The van der Waals surface area contributed by atoms with Crippen LogP contribution in [0.5, 0.6) is 11.5 Å². The second-order valence-electron chi connectivity index (χ2n) is 6.82. The van der Waals surface area contributed by atoms with E-state index in [1.54, 1.807) is 41.8 Å². The van der Waals surface area contributed by atoms with Gasteiger partial charge in [0, 0.05) is 32.7 Å². The summed E-state index contributed by atoms with van der Waals surface area (Å²) >= 11 is 0. The Kier molecular flexibility index (Phi) is 4.25. The number of fused-ring (bicyclic) bond motifs is 2. The fourth-order valence-corrected chi connectivity index (χ4v) is 3.62. The van der Waals surface area contributed by atoms with E-state index in [-0.39, 0.29) is 11.8 Å². The smallest absolute Gasteiger partial charge is 0.274 e. The van der Waals surface area contributed by atoms with Crippen molar-refractivity contribution in [3.05, 3.63) is 40.7 Å². The van der Waals surface area contributed by atoms with Crippen LogP contribution < -0.4 is 9.47 Å². The minimum atomic E-state index is -0.159. The molecule has 2 amide bonds. The number of rotatable bonds is 3. The second-order valence-corrected chi connectivity index (χ2v) is 6.82. The predicted molar refractivity (Wildman–Crippen MR) is 97.2 cm³/mol. The fourth-order valence-electron chi connectivity index (χ4n) is 3.62. The van der Waals surface area contributed by atoms with Crippen molar-refractivity contribution in [3.63, 3.8) is 0 Å². The molecule has 0 bridgehead atoms. The third kappa shape index (κ3) is 2.90. The predicted octanol–water partition coefficient (Wildman–Crippen LogP) is 1.18. The first-order valence-corrected chi connectivity index (χ1v) is 8.88. The number of aromatic nitrogens is 2. The molecule has 4 rings (SSSR count). The number of carbonyl (C=O) groups is 2. The Balaban J connectivity index is 1.58. The molecule has 8 nitrogen and oxygen atoms in total. The van der Waals surface area contributed by atoms with E-state index in [0.717, 1.165) is 17.5 Å². The Morgan fingerprint density at radius 1 is 1.04 bits per heavy atom. The topological polar surface area (TPSA) is 76.9 Å². The van der Waals surface area contributed by atoms with Crippen LogP contribution in [0.25, 0.3) is 0 Å². The van der Waals surface area contributed by atoms with Crippen LogP contribution in [-0.4, -0.2) is 65.8 Å². The van der Waals surface area contributed by atoms with Crippen LogP contribution in [0.15, 0.2) is 18.2 Å². The van der Waals surface area contributed by atoms with E-state index in [9.17, 15) is 9.59 Å². The SMILES string of the molecule is COc1cc2c(cc1OC)CN(C(=O)c1cc3n(n1)CCN(C)C3=O)CC2. The van der Waals surface area contributed by atoms with Gasteiger partial charge in [-0.3, -0.25) is 14.3 Å². The molecular weight excluding hydrogens is 348 g/mol. The molecule has 2 aliphatic rings. The van der Waals surface area contributed by atoms with Crippen LogP contribution in [0.2, 0.25) is 0 Å². The number of ether oxygens (including phenoxy) is 2. The van der Waals surface area contributed by atoms with Crippen LogP contribution in [0.4, 0.5) is 0 Å². The van der Waals surface area contributed by atoms with Gasteiger partial charge in [-0.15, -0.1) is 0 Å². The Labute approximate surface area is 157 Å². The van der Waals surface area contributed by atoms with Crippen LogP contribution in [0, 0.1) is 0 Å². The highest BCUT2D eigenvalue weighted by Crippen LogP contribution is 2.33. The van der Waals surface area contributed by atoms with Crippen molar-refractivity contribution in [2.75, 3.05) is 34.4 Å². The first-order chi connectivity index (χ1) is 13.0. The lowest BCUT2D eigenvalue weighted by atomic mass is 9.98. The average molecular weight is 370 g/mol. The lowest BCUT2D eigenvalue weighted by Crippen LogP contribution is -2.37. The van der Waals surface area contributed by atoms with Crippen molar-refractivity contribution in [1.29, 1.82) is 0 Å². The van der Waals surface area contributed by atoms with Gasteiger partial charge >= 0.3 is 0 Å². The zero-order valence-corrected chi connectivity index (χ0v) is 15.7. The highest BCUT2D eigenvalue weighted by atomic mass is 16.5. The average Bonchev–Trinajstić information content (AvgIpc) is 3.13.